The van der Waals surface area contributed by atoms with Crippen molar-refractivity contribution in [3.8, 4) is 0 Å². The van der Waals surface area contributed by atoms with E-state index >= 15 is 0 Å². The van der Waals surface area contributed by atoms with Crippen LogP contribution in [0.3, 0.4) is 0 Å². The zero-order valence-electron chi connectivity index (χ0n) is 12.7. The van der Waals surface area contributed by atoms with Gasteiger partial charge in [0.05, 0.1) is 20.3 Å². The minimum Gasteiger partial charge on any atom is -0.468 e. The average Bonchev–Trinajstić information content (AvgIpc) is 2.42. The first-order chi connectivity index (χ1) is 9.52. The zero-order chi connectivity index (χ0) is 14.7. The molecule has 1 aromatic carbocycles. The smallest absolute Gasteiger partial charge is 0.325 e. The summed E-state index contributed by atoms with van der Waals surface area (Å²) in [6.07, 6.45) is 0. The number of methoxy groups -OCH3 is 1. The van der Waals surface area contributed by atoms with Crippen molar-refractivity contribution in [3.05, 3.63) is 34.4 Å². The lowest BCUT2D eigenvalue weighted by Crippen LogP contribution is -2.49. The van der Waals surface area contributed by atoms with Crippen LogP contribution in [0.5, 0.6) is 0 Å². The predicted molar refractivity (Wildman–Crippen MR) is 77.7 cm³/mol. The normalized spacial score (nSPS) is 19.9. The molecule has 0 aliphatic carbocycles. The Bertz CT molecular complexity index is 475. The highest BCUT2D eigenvalue weighted by atomic mass is 16.5. The molecule has 1 unspecified atom stereocenters. The summed E-state index contributed by atoms with van der Waals surface area (Å²) >= 11 is 0. The van der Waals surface area contributed by atoms with Crippen LogP contribution in [0.15, 0.2) is 12.1 Å². The second-order valence-corrected chi connectivity index (χ2v) is 5.46. The van der Waals surface area contributed by atoms with Crippen molar-refractivity contribution in [2.75, 3.05) is 26.9 Å². The zero-order valence-corrected chi connectivity index (χ0v) is 12.7. The fourth-order valence-electron chi connectivity index (χ4n) is 2.84. The van der Waals surface area contributed by atoms with Crippen LogP contribution in [-0.4, -0.2) is 43.8 Å². The number of esters is 1. The molecule has 1 heterocycles. The van der Waals surface area contributed by atoms with Gasteiger partial charge in [0.2, 0.25) is 0 Å². The van der Waals surface area contributed by atoms with Gasteiger partial charge in [-0.05, 0) is 37.5 Å². The molecule has 4 heteroatoms. The maximum atomic E-state index is 11.8. The first-order valence-corrected chi connectivity index (χ1v) is 6.99. The summed E-state index contributed by atoms with van der Waals surface area (Å²) in [6.45, 7) is 8.96. The number of carbonyl (C=O) groups excluding carboxylic acids is 1. The minimum absolute atomic E-state index is 0.216. The second kappa shape index (κ2) is 6.37. The van der Waals surface area contributed by atoms with Crippen molar-refractivity contribution < 1.29 is 14.3 Å². The molecule has 0 saturated carbocycles. The maximum Gasteiger partial charge on any atom is 0.325 e. The van der Waals surface area contributed by atoms with Crippen LogP contribution in [0.2, 0.25) is 0 Å². The van der Waals surface area contributed by atoms with Gasteiger partial charge < -0.3 is 9.47 Å². The maximum absolute atomic E-state index is 11.8. The van der Waals surface area contributed by atoms with Gasteiger partial charge >= 0.3 is 5.97 Å². The van der Waals surface area contributed by atoms with Gasteiger partial charge in [-0.25, -0.2) is 0 Å². The molecular formula is C16H23NO3. The van der Waals surface area contributed by atoms with E-state index in [-0.39, 0.29) is 12.0 Å². The lowest BCUT2D eigenvalue weighted by Gasteiger charge is -2.34. The molecule has 20 heavy (non-hydrogen) atoms. The molecule has 0 radical (unpaired) electrons. The Balaban J connectivity index is 2.21. The molecule has 0 bridgehead atoms. The molecule has 0 aromatic heterocycles. The Labute approximate surface area is 120 Å². The van der Waals surface area contributed by atoms with Crippen molar-refractivity contribution in [1.82, 2.24) is 4.90 Å². The van der Waals surface area contributed by atoms with Crippen molar-refractivity contribution >= 4 is 5.97 Å². The number of ether oxygens (including phenoxy) is 2. The summed E-state index contributed by atoms with van der Waals surface area (Å²) in [6, 6.07) is 4.08. The van der Waals surface area contributed by atoms with Crippen LogP contribution >= 0.6 is 0 Å². The van der Waals surface area contributed by atoms with Gasteiger partial charge in [-0.15, -0.1) is 0 Å². The van der Waals surface area contributed by atoms with E-state index in [0.717, 1.165) is 13.1 Å². The van der Waals surface area contributed by atoms with Crippen LogP contribution in [0.25, 0.3) is 0 Å². The summed E-state index contributed by atoms with van der Waals surface area (Å²) in [7, 11) is 1.43. The van der Waals surface area contributed by atoms with Gasteiger partial charge in [0, 0.05) is 13.1 Å². The van der Waals surface area contributed by atoms with Crippen molar-refractivity contribution in [2.24, 2.45) is 0 Å². The van der Waals surface area contributed by atoms with Gasteiger partial charge in [-0.1, -0.05) is 17.7 Å². The third kappa shape index (κ3) is 3.19. The summed E-state index contributed by atoms with van der Waals surface area (Å²) < 4.78 is 10.3. The first-order valence-electron chi connectivity index (χ1n) is 6.99. The third-order valence-electron chi connectivity index (χ3n) is 3.91. The Hall–Kier alpha value is -1.39. The highest BCUT2D eigenvalue weighted by Gasteiger charge is 2.30. The lowest BCUT2D eigenvalue weighted by atomic mass is 9.98. The van der Waals surface area contributed by atoms with Gasteiger partial charge in [0.25, 0.3) is 0 Å². The molecule has 1 aromatic rings. The fourth-order valence-corrected chi connectivity index (χ4v) is 2.84. The van der Waals surface area contributed by atoms with Crippen LogP contribution in [0, 0.1) is 20.8 Å². The number of hydrogen-bond acceptors (Lipinski definition) is 4. The van der Waals surface area contributed by atoms with Crippen molar-refractivity contribution in [3.63, 3.8) is 0 Å². The van der Waals surface area contributed by atoms with E-state index in [4.69, 9.17) is 9.47 Å². The molecule has 1 saturated heterocycles. The molecule has 1 fully saturated rings. The summed E-state index contributed by atoms with van der Waals surface area (Å²) in [4.78, 5) is 14.0. The topological polar surface area (TPSA) is 38.8 Å². The number of benzene rings is 1. The molecule has 0 N–H and O–H groups in total. The number of carbonyl (C=O) groups is 1. The molecule has 4 nitrogen and oxygen atoms in total. The Morgan fingerprint density at radius 2 is 2.00 bits per heavy atom. The van der Waals surface area contributed by atoms with E-state index in [0.29, 0.717) is 13.2 Å². The largest absolute Gasteiger partial charge is 0.468 e. The molecule has 0 spiro atoms. The molecule has 1 aliphatic heterocycles. The van der Waals surface area contributed by atoms with Gasteiger partial charge in [0.15, 0.2) is 0 Å². The Morgan fingerprint density at radius 3 is 2.60 bits per heavy atom. The van der Waals surface area contributed by atoms with E-state index in [1.807, 2.05) is 0 Å². The van der Waals surface area contributed by atoms with Crippen molar-refractivity contribution in [1.29, 1.82) is 0 Å². The van der Waals surface area contributed by atoms with E-state index in [1.165, 1.54) is 29.4 Å². The van der Waals surface area contributed by atoms with E-state index in [1.54, 1.807) is 0 Å². The fraction of sp³-hybridized carbons (Fsp3) is 0.562. The van der Waals surface area contributed by atoms with E-state index in [9.17, 15) is 4.79 Å². The van der Waals surface area contributed by atoms with Crippen molar-refractivity contribution in [2.45, 2.75) is 33.4 Å². The predicted octanol–water partition coefficient (Wildman–Crippen LogP) is 1.99. The number of hydrogen-bond donors (Lipinski definition) is 0. The standard InChI is InChI=1S/C16H23NO3/c1-11-7-12(2)14(13(3)8-11)9-17-5-6-20-10-15(17)16(18)19-4/h7-8,15H,5-6,9-10H2,1-4H3. The number of nitrogens with zero attached hydrogens (tertiary/aromatic N) is 1. The minimum atomic E-state index is -0.297. The van der Waals surface area contributed by atoms with Crippen LogP contribution in [0.4, 0.5) is 0 Å². The highest BCUT2D eigenvalue weighted by Crippen LogP contribution is 2.21. The van der Waals surface area contributed by atoms with E-state index in [2.05, 4.69) is 37.8 Å². The van der Waals surface area contributed by atoms with Crippen LogP contribution < -0.4 is 0 Å². The van der Waals surface area contributed by atoms with Crippen LogP contribution in [-0.2, 0) is 20.8 Å². The average molecular weight is 277 g/mol. The number of rotatable bonds is 3. The summed E-state index contributed by atoms with van der Waals surface area (Å²) in [5.41, 5.74) is 5.12. The Morgan fingerprint density at radius 1 is 1.35 bits per heavy atom. The third-order valence-corrected chi connectivity index (χ3v) is 3.91. The molecule has 1 atom stereocenters. The first kappa shape index (κ1) is 15.0. The molecule has 0 amide bonds. The Kier molecular flexibility index (Phi) is 4.78. The monoisotopic (exact) mass is 277 g/mol. The molecule has 2 rings (SSSR count). The number of aryl methyl sites for hydroxylation is 3. The molecule has 1 aliphatic rings. The van der Waals surface area contributed by atoms with E-state index < -0.39 is 0 Å². The van der Waals surface area contributed by atoms with Crippen LogP contribution in [0.1, 0.15) is 22.3 Å². The number of morpholine rings is 1. The SMILES string of the molecule is COC(=O)C1COCCN1Cc1c(C)cc(C)cc1C. The molecular weight excluding hydrogens is 254 g/mol. The highest BCUT2D eigenvalue weighted by molar-refractivity contribution is 5.76. The van der Waals surface area contributed by atoms with Gasteiger partial charge in [0.1, 0.15) is 6.04 Å². The van der Waals surface area contributed by atoms with Gasteiger partial charge in [-0.2, -0.15) is 0 Å². The quantitative estimate of drug-likeness (QED) is 0.792. The summed E-state index contributed by atoms with van der Waals surface area (Å²) in [5, 5.41) is 0. The second-order valence-electron chi connectivity index (χ2n) is 5.46. The summed E-state index contributed by atoms with van der Waals surface area (Å²) in [5.74, 6) is -0.216. The van der Waals surface area contributed by atoms with Gasteiger partial charge in [-0.3, -0.25) is 9.69 Å². The lowest BCUT2D eigenvalue weighted by molar-refractivity contribution is -0.153. The molecule has 110 valence electrons.